The molecule has 13 heavy (non-hydrogen) atoms. The normalized spacial score (nSPS) is 46.1. The first-order valence-electron chi connectivity index (χ1n) is 3.65. The van der Waals surface area contributed by atoms with E-state index in [1.54, 1.807) is 0 Å². The van der Waals surface area contributed by atoms with Crippen molar-refractivity contribution in [3.05, 3.63) is 0 Å². The van der Waals surface area contributed by atoms with Crippen molar-refractivity contribution in [3.8, 4) is 0 Å². The highest BCUT2D eigenvalue weighted by Crippen LogP contribution is 2.33. The first-order chi connectivity index (χ1) is 5.82. The third-order valence-electron chi connectivity index (χ3n) is 2.17. The van der Waals surface area contributed by atoms with Gasteiger partial charge in [0.05, 0.1) is 0 Å². The van der Waals surface area contributed by atoms with E-state index in [1.165, 1.54) is 6.92 Å². The smallest absolute Gasteiger partial charge is 0.262 e. The maximum Gasteiger partial charge on any atom is 0.273 e. The standard InChI is InChI=1S/C5H8O6S2/c1-3-5-4(10-13(3,8)9)2-12(6,7)11-5/h3-5H,2H2,1H3/t3?,4-,5-/m1/s1. The minimum atomic E-state index is -3.62. The molecule has 3 atom stereocenters. The van der Waals surface area contributed by atoms with Gasteiger partial charge in [-0.1, -0.05) is 0 Å². The molecule has 2 aliphatic rings. The summed E-state index contributed by atoms with van der Waals surface area (Å²) in [6.07, 6.45) is -1.72. The van der Waals surface area contributed by atoms with Gasteiger partial charge in [-0.05, 0) is 6.92 Å². The minimum absolute atomic E-state index is 0.374. The number of fused-ring (bicyclic) bond motifs is 1. The van der Waals surface area contributed by atoms with Crippen LogP contribution < -0.4 is 0 Å². The summed E-state index contributed by atoms with van der Waals surface area (Å²) in [5, 5.41) is -0.908. The molecule has 0 N–H and O–H groups in total. The van der Waals surface area contributed by atoms with Crippen LogP contribution in [-0.4, -0.2) is 40.0 Å². The molecule has 2 saturated heterocycles. The van der Waals surface area contributed by atoms with Crippen LogP contribution in [0.1, 0.15) is 6.92 Å². The molecule has 1 unspecified atom stereocenters. The lowest BCUT2D eigenvalue weighted by molar-refractivity contribution is 0.145. The Labute approximate surface area is 76.1 Å². The second-order valence-corrected chi connectivity index (χ2v) is 6.68. The molecular formula is C5H8O6S2. The topological polar surface area (TPSA) is 86.7 Å². The van der Waals surface area contributed by atoms with E-state index in [9.17, 15) is 16.8 Å². The zero-order valence-corrected chi connectivity index (χ0v) is 8.34. The van der Waals surface area contributed by atoms with Gasteiger partial charge in [0.25, 0.3) is 20.2 Å². The van der Waals surface area contributed by atoms with Crippen LogP contribution in [0, 0.1) is 0 Å². The third kappa shape index (κ3) is 1.37. The van der Waals surface area contributed by atoms with Crippen molar-refractivity contribution in [1.82, 2.24) is 0 Å². The molecule has 2 aliphatic heterocycles. The van der Waals surface area contributed by atoms with Crippen LogP contribution in [-0.2, 0) is 28.6 Å². The van der Waals surface area contributed by atoms with Gasteiger partial charge in [-0.15, -0.1) is 0 Å². The predicted molar refractivity (Wildman–Crippen MR) is 41.9 cm³/mol. The quantitative estimate of drug-likeness (QED) is 0.486. The zero-order valence-electron chi connectivity index (χ0n) is 6.71. The first kappa shape index (κ1) is 9.38. The Morgan fingerprint density at radius 3 is 2.31 bits per heavy atom. The summed E-state index contributed by atoms with van der Waals surface area (Å²) in [6, 6.07) is 0. The second kappa shape index (κ2) is 2.44. The summed E-state index contributed by atoms with van der Waals surface area (Å²) in [5.41, 5.74) is 0. The Hall–Kier alpha value is -0.180. The maximum atomic E-state index is 11.1. The van der Waals surface area contributed by atoms with E-state index in [0.29, 0.717) is 0 Å². The van der Waals surface area contributed by atoms with Crippen LogP contribution in [0.3, 0.4) is 0 Å². The SMILES string of the molecule is CC1[C@H]2OS(=O)(=O)C[C@H]2OS1(=O)=O. The molecule has 0 bridgehead atoms. The van der Waals surface area contributed by atoms with Gasteiger partial charge in [-0.3, -0.25) is 8.37 Å². The monoisotopic (exact) mass is 228 g/mol. The zero-order chi connectivity index (χ0) is 9.85. The van der Waals surface area contributed by atoms with Gasteiger partial charge < -0.3 is 0 Å². The molecule has 0 aliphatic carbocycles. The summed E-state index contributed by atoms with van der Waals surface area (Å²) in [6.45, 7) is 1.38. The van der Waals surface area contributed by atoms with Crippen LogP contribution in [0.2, 0.25) is 0 Å². The molecule has 2 heterocycles. The first-order valence-corrected chi connectivity index (χ1v) is 6.70. The molecule has 76 valence electrons. The van der Waals surface area contributed by atoms with Crippen LogP contribution in [0.15, 0.2) is 0 Å². The van der Waals surface area contributed by atoms with Crippen LogP contribution in [0.4, 0.5) is 0 Å². The Balaban J connectivity index is 2.36. The highest BCUT2D eigenvalue weighted by molar-refractivity contribution is 7.89. The number of hydrogen-bond acceptors (Lipinski definition) is 6. The molecule has 2 rings (SSSR count). The molecule has 6 nitrogen and oxygen atoms in total. The summed E-state index contributed by atoms with van der Waals surface area (Å²) in [4.78, 5) is 0. The summed E-state index contributed by atoms with van der Waals surface area (Å²) in [5.74, 6) is -0.374. The second-order valence-electron chi connectivity index (χ2n) is 3.12. The molecule has 0 saturated carbocycles. The van der Waals surface area contributed by atoms with Gasteiger partial charge in [-0.25, -0.2) is 0 Å². The average molecular weight is 228 g/mol. The molecule has 0 aromatic rings. The van der Waals surface area contributed by atoms with Crippen LogP contribution in [0.25, 0.3) is 0 Å². The highest BCUT2D eigenvalue weighted by Gasteiger charge is 2.54. The average Bonchev–Trinajstić information content (AvgIpc) is 2.30. The molecule has 0 aromatic carbocycles. The predicted octanol–water partition coefficient (Wildman–Crippen LogP) is -1.17. The van der Waals surface area contributed by atoms with Crippen molar-refractivity contribution in [2.24, 2.45) is 0 Å². The van der Waals surface area contributed by atoms with Crippen LogP contribution >= 0.6 is 0 Å². The fraction of sp³-hybridized carbons (Fsp3) is 1.00. The largest absolute Gasteiger partial charge is 0.273 e. The van der Waals surface area contributed by atoms with Gasteiger partial charge in [0.1, 0.15) is 23.2 Å². The van der Waals surface area contributed by atoms with E-state index in [1.807, 2.05) is 0 Å². The Morgan fingerprint density at radius 2 is 1.77 bits per heavy atom. The highest BCUT2D eigenvalue weighted by atomic mass is 32.2. The Kier molecular flexibility index (Phi) is 1.76. The summed E-state index contributed by atoms with van der Waals surface area (Å²) < 4.78 is 53.2. The molecule has 0 radical (unpaired) electrons. The van der Waals surface area contributed by atoms with Crippen molar-refractivity contribution in [3.63, 3.8) is 0 Å². The van der Waals surface area contributed by atoms with Crippen molar-refractivity contribution in [2.45, 2.75) is 24.4 Å². The van der Waals surface area contributed by atoms with Crippen molar-refractivity contribution >= 4 is 20.2 Å². The molecule has 2 fully saturated rings. The minimum Gasteiger partial charge on any atom is -0.262 e. The molecule has 8 heteroatoms. The molecule has 0 aromatic heterocycles. The van der Waals surface area contributed by atoms with Gasteiger partial charge in [0, 0.05) is 0 Å². The van der Waals surface area contributed by atoms with E-state index in [2.05, 4.69) is 8.37 Å². The van der Waals surface area contributed by atoms with E-state index in [4.69, 9.17) is 0 Å². The summed E-state index contributed by atoms with van der Waals surface area (Å²) in [7, 11) is -7.20. The Morgan fingerprint density at radius 1 is 1.15 bits per heavy atom. The van der Waals surface area contributed by atoms with Gasteiger partial charge in [0.2, 0.25) is 0 Å². The van der Waals surface area contributed by atoms with Crippen LogP contribution in [0.5, 0.6) is 0 Å². The fourth-order valence-corrected chi connectivity index (χ4v) is 4.23. The van der Waals surface area contributed by atoms with Gasteiger partial charge in [0.15, 0.2) is 0 Å². The maximum absolute atomic E-state index is 11.1. The molecule has 0 spiro atoms. The van der Waals surface area contributed by atoms with Crippen molar-refractivity contribution < 1.29 is 25.2 Å². The third-order valence-corrected chi connectivity index (χ3v) is 5.11. The lowest BCUT2D eigenvalue weighted by atomic mass is 10.2. The van der Waals surface area contributed by atoms with E-state index in [0.717, 1.165) is 0 Å². The van der Waals surface area contributed by atoms with Gasteiger partial charge in [-0.2, -0.15) is 16.8 Å². The molecular weight excluding hydrogens is 220 g/mol. The van der Waals surface area contributed by atoms with Crippen molar-refractivity contribution in [2.75, 3.05) is 5.75 Å². The lowest BCUT2D eigenvalue weighted by Crippen LogP contribution is -2.26. The van der Waals surface area contributed by atoms with E-state index in [-0.39, 0.29) is 5.75 Å². The van der Waals surface area contributed by atoms with E-state index < -0.39 is 37.7 Å². The number of hydrogen-bond donors (Lipinski definition) is 0. The lowest BCUT2D eigenvalue weighted by Gasteiger charge is -2.05. The Bertz CT molecular complexity index is 420. The number of rotatable bonds is 0. The van der Waals surface area contributed by atoms with Gasteiger partial charge >= 0.3 is 0 Å². The fourth-order valence-electron chi connectivity index (χ4n) is 1.45. The summed E-state index contributed by atoms with van der Waals surface area (Å²) >= 11 is 0. The van der Waals surface area contributed by atoms with E-state index >= 15 is 0 Å². The molecule has 0 amide bonds. The van der Waals surface area contributed by atoms with Crippen molar-refractivity contribution in [1.29, 1.82) is 0 Å².